The van der Waals surface area contributed by atoms with Crippen molar-refractivity contribution >= 4 is 5.91 Å². The zero-order valence-corrected chi connectivity index (χ0v) is 13.6. The molecule has 0 saturated carbocycles. The van der Waals surface area contributed by atoms with E-state index < -0.39 is 17.2 Å². The molecule has 0 aromatic heterocycles. The van der Waals surface area contributed by atoms with E-state index in [0.717, 1.165) is 12.1 Å². The van der Waals surface area contributed by atoms with E-state index in [1.165, 1.54) is 12.1 Å². The Bertz CT molecular complexity index is 551. The Morgan fingerprint density at radius 1 is 1.33 bits per heavy atom. The van der Waals surface area contributed by atoms with Gasteiger partial charge in [-0.3, -0.25) is 4.79 Å². The molecule has 1 atom stereocenters. The van der Waals surface area contributed by atoms with Crippen LogP contribution in [0.5, 0.6) is 0 Å². The molecule has 0 bridgehead atoms. The van der Waals surface area contributed by atoms with Gasteiger partial charge in [-0.25, -0.2) is 0 Å². The smallest absolute Gasteiger partial charge is 0.395 e. The number of halogens is 3. The molecule has 1 aromatic carbocycles. The third kappa shape index (κ3) is 4.08. The molecule has 4 nitrogen and oxygen atoms in total. The molecule has 1 heterocycles. The fraction of sp³-hybridized carbons (Fsp3) is 0.588. The first-order valence-corrected chi connectivity index (χ1v) is 7.96. The Morgan fingerprint density at radius 3 is 2.46 bits per heavy atom. The van der Waals surface area contributed by atoms with Gasteiger partial charge in [-0.05, 0) is 37.5 Å². The number of amides is 1. The summed E-state index contributed by atoms with van der Waals surface area (Å²) in [6.07, 6.45) is -3.52. The number of nitrogens with zero attached hydrogens (tertiary/aromatic N) is 1. The van der Waals surface area contributed by atoms with Crippen LogP contribution in [0.1, 0.15) is 24.5 Å². The monoisotopic (exact) mass is 345 g/mol. The highest BCUT2D eigenvalue weighted by Crippen LogP contribution is 2.36. The Hall–Kier alpha value is -1.60. The van der Waals surface area contributed by atoms with Crippen LogP contribution in [0.15, 0.2) is 24.3 Å². The van der Waals surface area contributed by atoms with Crippen LogP contribution in [0.2, 0.25) is 0 Å². The highest BCUT2D eigenvalue weighted by atomic mass is 19.4. The number of rotatable bonds is 6. The summed E-state index contributed by atoms with van der Waals surface area (Å²) < 4.78 is 43.4. The summed E-state index contributed by atoms with van der Waals surface area (Å²) in [5, 5.41) is 9.11. The number of hydrogen-bond donors (Lipinski definition) is 1. The van der Waals surface area contributed by atoms with E-state index in [1.54, 1.807) is 4.90 Å². The Balaban J connectivity index is 2.20. The number of benzene rings is 1. The van der Waals surface area contributed by atoms with Gasteiger partial charge in [0.2, 0.25) is 5.91 Å². The number of hydrogen-bond acceptors (Lipinski definition) is 3. The van der Waals surface area contributed by atoms with Crippen LogP contribution in [0.25, 0.3) is 0 Å². The summed E-state index contributed by atoms with van der Waals surface area (Å²) in [5.74, 6) is -0.114. The van der Waals surface area contributed by atoms with Crippen molar-refractivity contribution in [1.82, 2.24) is 4.90 Å². The molecule has 0 aliphatic carbocycles. The van der Waals surface area contributed by atoms with Gasteiger partial charge in [-0.1, -0.05) is 12.1 Å². The van der Waals surface area contributed by atoms with Crippen molar-refractivity contribution in [1.29, 1.82) is 0 Å². The van der Waals surface area contributed by atoms with Gasteiger partial charge in [0.15, 0.2) is 0 Å². The highest BCUT2D eigenvalue weighted by molar-refractivity contribution is 5.83. The molecule has 1 amide bonds. The lowest BCUT2D eigenvalue weighted by Crippen LogP contribution is -2.46. The zero-order valence-electron chi connectivity index (χ0n) is 13.6. The van der Waals surface area contributed by atoms with E-state index in [2.05, 4.69) is 0 Å². The predicted molar refractivity (Wildman–Crippen MR) is 82.4 cm³/mol. The Labute approximate surface area is 139 Å². The SMILES string of the molecule is CCN(CCO)C(=O)C1(Cc2ccc(C(F)(F)F)cc2)CCOC1. The normalized spacial score (nSPS) is 21.0. The van der Waals surface area contributed by atoms with E-state index in [-0.39, 0.29) is 25.7 Å². The zero-order chi connectivity index (χ0) is 17.8. The lowest BCUT2D eigenvalue weighted by atomic mass is 9.79. The number of likely N-dealkylation sites (N-methyl/N-ethyl adjacent to an activating group) is 1. The lowest BCUT2D eigenvalue weighted by molar-refractivity contribution is -0.142. The molecule has 24 heavy (non-hydrogen) atoms. The van der Waals surface area contributed by atoms with Gasteiger partial charge in [0.1, 0.15) is 0 Å². The molecule has 0 radical (unpaired) electrons. The Kier molecular flexibility index (Phi) is 5.87. The maximum absolute atomic E-state index is 12.9. The molecule has 7 heteroatoms. The first-order chi connectivity index (χ1) is 11.3. The average Bonchev–Trinajstić information content (AvgIpc) is 3.01. The molecule has 1 fully saturated rings. The average molecular weight is 345 g/mol. The van der Waals surface area contributed by atoms with Crippen LogP contribution >= 0.6 is 0 Å². The minimum atomic E-state index is -4.37. The van der Waals surface area contributed by atoms with Crippen LogP contribution in [0.3, 0.4) is 0 Å². The second-order valence-corrected chi connectivity index (χ2v) is 6.06. The molecule has 1 unspecified atom stereocenters. The summed E-state index contributed by atoms with van der Waals surface area (Å²) in [6.45, 7) is 3.10. The van der Waals surface area contributed by atoms with Crippen LogP contribution in [-0.4, -0.2) is 48.8 Å². The highest BCUT2D eigenvalue weighted by Gasteiger charge is 2.44. The maximum Gasteiger partial charge on any atom is 0.416 e. The third-order valence-corrected chi connectivity index (χ3v) is 4.42. The molecule has 1 aliphatic heterocycles. The third-order valence-electron chi connectivity index (χ3n) is 4.42. The molecule has 134 valence electrons. The second kappa shape index (κ2) is 7.53. The molecule has 1 saturated heterocycles. The molecular formula is C17H22F3NO3. The number of alkyl halides is 3. The van der Waals surface area contributed by atoms with E-state index in [0.29, 0.717) is 31.6 Å². The van der Waals surface area contributed by atoms with Crippen molar-refractivity contribution in [2.24, 2.45) is 5.41 Å². The second-order valence-electron chi connectivity index (χ2n) is 6.06. The number of ether oxygens (including phenoxy) is 1. The fourth-order valence-corrected chi connectivity index (χ4v) is 3.05. The number of carbonyl (C=O) groups excluding carboxylic acids is 1. The van der Waals surface area contributed by atoms with Crippen molar-refractivity contribution in [3.63, 3.8) is 0 Å². The summed E-state index contributed by atoms with van der Waals surface area (Å²) in [5.41, 5.74) is -0.808. The molecule has 1 aliphatic rings. The van der Waals surface area contributed by atoms with E-state index in [1.807, 2.05) is 6.92 Å². The standard InChI is InChI=1S/C17H22F3NO3/c1-2-21(8-9-22)15(23)16(7-10-24-12-16)11-13-3-5-14(6-4-13)17(18,19)20/h3-6,22H,2,7-12H2,1H3. The minimum absolute atomic E-state index is 0.114. The van der Waals surface area contributed by atoms with Gasteiger partial charge >= 0.3 is 6.18 Å². The van der Waals surface area contributed by atoms with E-state index >= 15 is 0 Å². The number of carbonyl (C=O) groups is 1. The molecule has 0 spiro atoms. The van der Waals surface area contributed by atoms with Gasteiger partial charge in [0, 0.05) is 19.7 Å². The van der Waals surface area contributed by atoms with E-state index in [9.17, 15) is 18.0 Å². The lowest BCUT2D eigenvalue weighted by Gasteiger charge is -2.32. The van der Waals surface area contributed by atoms with Crippen molar-refractivity contribution in [3.05, 3.63) is 35.4 Å². The van der Waals surface area contributed by atoms with Crippen molar-refractivity contribution in [2.75, 3.05) is 32.9 Å². The summed E-state index contributed by atoms with van der Waals surface area (Å²) >= 11 is 0. The fourth-order valence-electron chi connectivity index (χ4n) is 3.05. The topological polar surface area (TPSA) is 49.8 Å². The minimum Gasteiger partial charge on any atom is -0.395 e. The van der Waals surface area contributed by atoms with Gasteiger partial charge in [0.25, 0.3) is 0 Å². The molecule has 1 aromatic rings. The van der Waals surface area contributed by atoms with Gasteiger partial charge < -0.3 is 14.7 Å². The number of aliphatic hydroxyl groups excluding tert-OH is 1. The largest absolute Gasteiger partial charge is 0.416 e. The van der Waals surface area contributed by atoms with Gasteiger partial charge in [-0.2, -0.15) is 13.2 Å². The maximum atomic E-state index is 12.9. The predicted octanol–water partition coefficient (Wildman–Crippen LogP) is 2.50. The number of aliphatic hydroxyl groups is 1. The summed E-state index contributed by atoms with van der Waals surface area (Å²) in [7, 11) is 0. The first-order valence-electron chi connectivity index (χ1n) is 7.96. The summed E-state index contributed by atoms with van der Waals surface area (Å²) in [4.78, 5) is 14.4. The Morgan fingerprint density at radius 2 is 2.00 bits per heavy atom. The van der Waals surface area contributed by atoms with Crippen molar-refractivity contribution < 1.29 is 27.8 Å². The molecule has 2 rings (SSSR count). The van der Waals surface area contributed by atoms with Crippen molar-refractivity contribution in [3.8, 4) is 0 Å². The van der Waals surface area contributed by atoms with Gasteiger partial charge in [-0.15, -0.1) is 0 Å². The summed E-state index contributed by atoms with van der Waals surface area (Å²) in [6, 6.07) is 4.90. The molecule has 1 N–H and O–H groups in total. The van der Waals surface area contributed by atoms with E-state index in [4.69, 9.17) is 9.84 Å². The quantitative estimate of drug-likeness (QED) is 0.862. The van der Waals surface area contributed by atoms with Crippen LogP contribution in [0.4, 0.5) is 13.2 Å². The first kappa shape index (κ1) is 18.7. The van der Waals surface area contributed by atoms with Crippen LogP contribution in [0, 0.1) is 5.41 Å². The van der Waals surface area contributed by atoms with Crippen LogP contribution < -0.4 is 0 Å². The van der Waals surface area contributed by atoms with Crippen molar-refractivity contribution in [2.45, 2.75) is 25.9 Å². The van der Waals surface area contributed by atoms with Gasteiger partial charge in [0.05, 0.1) is 24.2 Å². The molecular weight excluding hydrogens is 323 g/mol. The van der Waals surface area contributed by atoms with Crippen LogP contribution in [-0.2, 0) is 22.1 Å².